The van der Waals surface area contributed by atoms with E-state index in [-0.39, 0.29) is 19.3 Å². The lowest BCUT2D eigenvalue weighted by Gasteiger charge is -2.44. The van der Waals surface area contributed by atoms with Crippen LogP contribution < -0.4 is 5.32 Å². The molecule has 1 saturated heterocycles. The van der Waals surface area contributed by atoms with Gasteiger partial charge in [-0.1, -0.05) is 45.1 Å². The maximum Gasteiger partial charge on any atom is 0.471 e. The molecule has 1 heterocycles. The molecule has 0 bridgehead atoms. The first kappa shape index (κ1) is 29.8. The molecule has 11 heteroatoms. The molecule has 0 saturated carbocycles. The molecule has 0 radical (unpaired) electrons. The van der Waals surface area contributed by atoms with E-state index in [0.29, 0.717) is 6.42 Å². The van der Waals surface area contributed by atoms with Crippen LogP contribution in [0.3, 0.4) is 0 Å². The molecule has 1 amide bonds. The number of alkyl halides is 3. The summed E-state index contributed by atoms with van der Waals surface area (Å²) in [6.45, 7) is 4.96. The van der Waals surface area contributed by atoms with Gasteiger partial charge >= 0.3 is 12.1 Å². The highest BCUT2D eigenvalue weighted by molar-refractivity contribution is 5.82. The molecule has 0 aromatic carbocycles. The molecule has 5 unspecified atom stereocenters. The van der Waals surface area contributed by atoms with Crippen LogP contribution in [-0.2, 0) is 23.7 Å². The Bertz CT molecular complexity index is 565. The minimum absolute atomic E-state index is 0.0555. The van der Waals surface area contributed by atoms with Gasteiger partial charge in [0.1, 0.15) is 24.4 Å². The number of carbonyl (C=O) groups excluding carboxylic acids is 1. The lowest BCUT2D eigenvalue weighted by molar-refractivity contribution is -0.276. The zero-order chi connectivity index (χ0) is 24.9. The van der Waals surface area contributed by atoms with Gasteiger partial charge in [-0.15, -0.1) is 6.58 Å². The molecular weight excluding hydrogens is 447 g/mol. The summed E-state index contributed by atoms with van der Waals surface area (Å²) in [6, 6.07) is -1.47. The Balaban J connectivity index is 2.83. The van der Waals surface area contributed by atoms with E-state index in [4.69, 9.17) is 18.9 Å². The van der Waals surface area contributed by atoms with E-state index in [1.54, 1.807) is 12.4 Å². The summed E-state index contributed by atoms with van der Waals surface area (Å²) in [5.41, 5.74) is 0. The third kappa shape index (κ3) is 10.3. The fourth-order valence-corrected chi connectivity index (χ4v) is 3.65. The number of methoxy groups -OCH3 is 1. The van der Waals surface area contributed by atoms with Gasteiger partial charge < -0.3 is 34.5 Å². The molecule has 1 aliphatic rings. The van der Waals surface area contributed by atoms with Crippen LogP contribution in [0, 0.1) is 0 Å². The predicted molar refractivity (Wildman–Crippen MR) is 114 cm³/mol. The van der Waals surface area contributed by atoms with Crippen LogP contribution in [0.2, 0.25) is 0 Å². The van der Waals surface area contributed by atoms with Crippen LogP contribution in [0.4, 0.5) is 13.2 Å². The van der Waals surface area contributed by atoms with Crippen molar-refractivity contribution in [3.05, 3.63) is 12.7 Å². The van der Waals surface area contributed by atoms with Gasteiger partial charge in [0.2, 0.25) is 0 Å². The predicted octanol–water partition coefficient (Wildman–Crippen LogP) is 2.46. The number of carbonyl (C=O) groups is 1. The van der Waals surface area contributed by atoms with Crippen molar-refractivity contribution in [3.8, 4) is 0 Å². The zero-order valence-electron chi connectivity index (χ0n) is 19.4. The van der Waals surface area contributed by atoms with E-state index in [2.05, 4.69) is 13.5 Å². The van der Waals surface area contributed by atoms with Gasteiger partial charge in [0, 0.05) is 13.7 Å². The van der Waals surface area contributed by atoms with Crippen LogP contribution in [0.5, 0.6) is 0 Å². The molecule has 1 aliphatic heterocycles. The number of ether oxygens (including phenoxy) is 4. The van der Waals surface area contributed by atoms with Crippen LogP contribution >= 0.6 is 0 Å². The van der Waals surface area contributed by atoms with Crippen LogP contribution in [0.1, 0.15) is 51.9 Å². The molecule has 33 heavy (non-hydrogen) atoms. The summed E-state index contributed by atoms with van der Waals surface area (Å²) in [5.74, 6) is -2.21. The highest BCUT2D eigenvalue weighted by Gasteiger charge is 2.50. The minimum Gasteiger partial charge on any atom is -0.394 e. The smallest absolute Gasteiger partial charge is 0.394 e. The van der Waals surface area contributed by atoms with Crippen molar-refractivity contribution >= 4 is 5.91 Å². The number of aliphatic hydroxyl groups is 2. The highest BCUT2D eigenvalue weighted by Crippen LogP contribution is 2.26. The molecule has 0 aromatic heterocycles. The van der Waals surface area contributed by atoms with E-state index in [9.17, 15) is 28.2 Å². The van der Waals surface area contributed by atoms with Crippen molar-refractivity contribution < 1.29 is 47.1 Å². The Morgan fingerprint density at radius 3 is 2.48 bits per heavy atom. The zero-order valence-corrected chi connectivity index (χ0v) is 19.4. The fraction of sp³-hybridized carbons (Fsp3) is 0.864. The molecule has 1 fully saturated rings. The summed E-state index contributed by atoms with van der Waals surface area (Å²) < 4.78 is 60.6. The second kappa shape index (κ2) is 15.6. The number of unbranched alkanes of at least 4 members (excludes halogenated alkanes) is 4. The van der Waals surface area contributed by atoms with Crippen LogP contribution in [-0.4, -0.2) is 86.0 Å². The number of halogens is 3. The largest absolute Gasteiger partial charge is 0.471 e. The van der Waals surface area contributed by atoms with Gasteiger partial charge in [-0.05, 0) is 12.8 Å². The summed E-state index contributed by atoms with van der Waals surface area (Å²) in [4.78, 5) is 11.6. The SMILES string of the molecule is C=CCOC1O[C@H](CO)C(O)C(OCCC(CCCCCCC)OC)C1NC(=O)C(F)(F)F. The number of amides is 1. The maximum absolute atomic E-state index is 12.9. The number of hydrogen-bond donors (Lipinski definition) is 3. The standard InChI is InChI=1S/C22H38F3NO7/c1-4-6-7-8-9-10-15(30-3)11-13-31-19-17(26-21(29)22(23,24)25)20(32-12-5-2)33-16(14-27)18(19)28/h5,15-20,27-28H,2,4,6-14H2,1,3H3,(H,26,29)/t15?,16-,17?,18?,19?,20?/m1/s1. The number of nitrogens with one attached hydrogen (secondary N) is 1. The number of hydrogen-bond acceptors (Lipinski definition) is 7. The molecule has 8 nitrogen and oxygen atoms in total. The summed E-state index contributed by atoms with van der Waals surface area (Å²) in [7, 11) is 1.58. The molecular formula is C22H38F3NO7. The van der Waals surface area contributed by atoms with Gasteiger partial charge in [0.15, 0.2) is 6.29 Å². The van der Waals surface area contributed by atoms with Gasteiger partial charge in [-0.3, -0.25) is 4.79 Å². The van der Waals surface area contributed by atoms with E-state index >= 15 is 0 Å². The first-order chi connectivity index (χ1) is 15.7. The third-order valence-electron chi connectivity index (χ3n) is 5.50. The Kier molecular flexibility index (Phi) is 14.1. The van der Waals surface area contributed by atoms with E-state index in [1.165, 1.54) is 12.5 Å². The topological polar surface area (TPSA) is 106 Å². The van der Waals surface area contributed by atoms with Crippen molar-refractivity contribution in [1.29, 1.82) is 0 Å². The maximum atomic E-state index is 12.9. The normalized spacial score (nSPS) is 26.7. The van der Waals surface area contributed by atoms with Gasteiger partial charge in [0.25, 0.3) is 0 Å². The highest BCUT2D eigenvalue weighted by atomic mass is 19.4. The Morgan fingerprint density at radius 2 is 1.91 bits per heavy atom. The number of aliphatic hydroxyl groups excluding tert-OH is 2. The van der Waals surface area contributed by atoms with E-state index in [1.807, 2.05) is 0 Å². The molecule has 6 atom stereocenters. The van der Waals surface area contributed by atoms with E-state index in [0.717, 1.165) is 32.1 Å². The van der Waals surface area contributed by atoms with Crippen molar-refractivity contribution in [1.82, 2.24) is 5.32 Å². The van der Waals surface area contributed by atoms with Crippen molar-refractivity contribution in [2.75, 3.05) is 26.9 Å². The quantitative estimate of drug-likeness (QED) is 0.228. The molecule has 0 aromatic rings. The monoisotopic (exact) mass is 485 g/mol. The van der Waals surface area contributed by atoms with Crippen LogP contribution in [0.25, 0.3) is 0 Å². The Labute approximate surface area is 193 Å². The molecule has 194 valence electrons. The lowest BCUT2D eigenvalue weighted by Crippen LogP contribution is -2.66. The van der Waals surface area contributed by atoms with Crippen molar-refractivity contribution in [2.24, 2.45) is 0 Å². The van der Waals surface area contributed by atoms with Crippen LogP contribution in [0.15, 0.2) is 12.7 Å². The second-order valence-corrected chi connectivity index (χ2v) is 8.02. The second-order valence-electron chi connectivity index (χ2n) is 8.02. The first-order valence-electron chi connectivity index (χ1n) is 11.4. The first-order valence-corrected chi connectivity index (χ1v) is 11.4. The minimum atomic E-state index is -5.15. The average Bonchev–Trinajstić information content (AvgIpc) is 2.78. The molecule has 0 aliphatic carbocycles. The Hall–Kier alpha value is -1.24. The summed E-state index contributed by atoms with van der Waals surface area (Å²) >= 11 is 0. The Morgan fingerprint density at radius 1 is 1.21 bits per heavy atom. The lowest BCUT2D eigenvalue weighted by atomic mass is 9.96. The van der Waals surface area contributed by atoms with Gasteiger partial charge in [0.05, 0.1) is 19.3 Å². The van der Waals surface area contributed by atoms with Gasteiger partial charge in [-0.2, -0.15) is 13.2 Å². The third-order valence-corrected chi connectivity index (χ3v) is 5.50. The van der Waals surface area contributed by atoms with Gasteiger partial charge in [-0.25, -0.2) is 0 Å². The molecule has 1 rings (SSSR count). The van der Waals surface area contributed by atoms with Crippen molar-refractivity contribution in [3.63, 3.8) is 0 Å². The fourth-order valence-electron chi connectivity index (χ4n) is 3.65. The summed E-state index contributed by atoms with van der Waals surface area (Å²) in [5, 5.41) is 21.9. The van der Waals surface area contributed by atoms with E-state index < -0.39 is 49.3 Å². The van der Waals surface area contributed by atoms with Crippen molar-refractivity contribution in [2.45, 2.75) is 94.8 Å². The molecule has 0 spiro atoms. The molecule has 3 N–H and O–H groups in total. The average molecular weight is 486 g/mol. The number of rotatable bonds is 16. The summed E-state index contributed by atoms with van der Waals surface area (Å²) in [6.07, 6.45) is -2.50.